The van der Waals surface area contributed by atoms with Gasteiger partial charge in [-0.1, -0.05) is 23.2 Å². The van der Waals surface area contributed by atoms with Gasteiger partial charge >= 0.3 is 0 Å². The number of ether oxygens (including phenoxy) is 1. The van der Waals surface area contributed by atoms with Gasteiger partial charge in [0.2, 0.25) is 5.92 Å². The minimum absolute atomic E-state index is 0.0503. The number of hydrogen-bond acceptors (Lipinski definition) is 5. The normalized spacial score (nSPS) is 16.0. The lowest BCUT2D eigenvalue weighted by Crippen LogP contribution is -2.38. The van der Waals surface area contributed by atoms with Crippen LogP contribution in [0.4, 0.5) is 24.7 Å². The molecule has 3 aromatic rings. The van der Waals surface area contributed by atoms with Gasteiger partial charge in [0.15, 0.2) is 11.6 Å². The van der Waals surface area contributed by atoms with Crippen molar-refractivity contribution in [2.24, 2.45) is 5.92 Å². The molecule has 5 nitrogen and oxygen atoms in total. The number of anilines is 2. The average Bonchev–Trinajstić information content (AvgIpc) is 2.63. The number of pyridine rings is 1. The summed E-state index contributed by atoms with van der Waals surface area (Å²) in [7, 11) is 0. The second-order valence-electron chi connectivity index (χ2n) is 6.53. The fraction of sp³-hybridized carbons (Fsp3) is 0.278. The molecule has 1 aliphatic carbocycles. The van der Waals surface area contributed by atoms with E-state index in [2.05, 4.69) is 20.3 Å². The van der Waals surface area contributed by atoms with Crippen LogP contribution in [0.15, 0.2) is 30.6 Å². The Kier molecular flexibility index (Phi) is 4.93. The Morgan fingerprint density at radius 1 is 1.14 bits per heavy atom. The van der Waals surface area contributed by atoms with Crippen molar-refractivity contribution >= 4 is 45.7 Å². The molecular formula is C18H13Cl2F3N4O. The van der Waals surface area contributed by atoms with Crippen LogP contribution in [0.2, 0.25) is 10.2 Å². The number of hydrogen-bond donors (Lipinski definition) is 1. The van der Waals surface area contributed by atoms with Crippen LogP contribution in [0, 0.1) is 11.7 Å². The van der Waals surface area contributed by atoms with Gasteiger partial charge in [0, 0.05) is 18.8 Å². The zero-order valence-electron chi connectivity index (χ0n) is 14.2. The number of alkyl halides is 2. The molecule has 10 heteroatoms. The third kappa shape index (κ3) is 3.79. The Morgan fingerprint density at radius 3 is 2.68 bits per heavy atom. The predicted octanol–water partition coefficient (Wildman–Crippen LogP) is 5.64. The van der Waals surface area contributed by atoms with Crippen LogP contribution in [-0.2, 0) is 0 Å². The molecule has 2 heterocycles. The van der Waals surface area contributed by atoms with Gasteiger partial charge in [0.05, 0.1) is 17.8 Å². The molecule has 0 bridgehead atoms. The van der Waals surface area contributed by atoms with Crippen LogP contribution < -0.4 is 10.1 Å². The number of nitrogens with zero attached hydrogens (tertiary/aromatic N) is 3. The summed E-state index contributed by atoms with van der Waals surface area (Å²) < 4.78 is 45.9. The molecule has 1 aliphatic rings. The highest BCUT2D eigenvalue weighted by Crippen LogP contribution is 2.43. The Bertz CT molecular complexity index is 1040. The van der Waals surface area contributed by atoms with Crippen molar-refractivity contribution in [2.75, 3.05) is 11.9 Å². The van der Waals surface area contributed by atoms with E-state index in [0.29, 0.717) is 11.0 Å². The summed E-state index contributed by atoms with van der Waals surface area (Å²) >= 11 is 12.0. The molecule has 1 aromatic carbocycles. The van der Waals surface area contributed by atoms with E-state index in [9.17, 15) is 13.2 Å². The lowest BCUT2D eigenvalue weighted by molar-refractivity contribution is -0.119. The highest BCUT2D eigenvalue weighted by Gasteiger charge is 2.45. The second-order valence-corrected chi connectivity index (χ2v) is 7.29. The van der Waals surface area contributed by atoms with Crippen molar-refractivity contribution in [1.82, 2.24) is 15.0 Å². The smallest absolute Gasteiger partial charge is 0.248 e. The molecule has 2 aromatic heterocycles. The van der Waals surface area contributed by atoms with Crippen LogP contribution in [0.25, 0.3) is 11.0 Å². The summed E-state index contributed by atoms with van der Waals surface area (Å²) in [5, 5.41) is 2.82. The standard InChI is InChI=1S/C18H13Cl2F3N4O/c19-13-4-2-11-16(27-13)17(25-8-24-11)26-10-1-3-12(14(20)15(10)21)28-7-9-5-18(22,23)6-9/h1-4,8-9H,5-7H2,(H,24,25,26). The van der Waals surface area contributed by atoms with Gasteiger partial charge in [-0.15, -0.1) is 0 Å². The summed E-state index contributed by atoms with van der Waals surface area (Å²) in [5.74, 6) is -3.31. The molecule has 1 fully saturated rings. The van der Waals surface area contributed by atoms with E-state index in [-0.39, 0.29) is 52.8 Å². The first-order chi connectivity index (χ1) is 13.3. The van der Waals surface area contributed by atoms with Gasteiger partial charge in [-0.2, -0.15) is 0 Å². The van der Waals surface area contributed by atoms with Gasteiger partial charge in [-0.05, 0) is 24.3 Å². The number of halogens is 5. The summed E-state index contributed by atoms with van der Waals surface area (Å²) in [4.78, 5) is 12.3. The van der Waals surface area contributed by atoms with Gasteiger partial charge in [0.25, 0.3) is 0 Å². The first-order valence-electron chi connectivity index (χ1n) is 8.35. The van der Waals surface area contributed by atoms with E-state index >= 15 is 0 Å². The molecule has 28 heavy (non-hydrogen) atoms. The number of nitrogens with one attached hydrogen (secondary N) is 1. The lowest BCUT2D eigenvalue weighted by Gasteiger charge is -2.34. The molecule has 0 atom stereocenters. The fourth-order valence-corrected chi connectivity index (χ4v) is 3.35. The minimum Gasteiger partial charge on any atom is -0.492 e. The molecular weight excluding hydrogens is 416 g/mol. The fourth-order valence-electron chi connectivity index (χ4n) is 2.99. The summed E-state index contributed by atoms with van der Waals surface area (Å²) in [6.45, 7) is 0.0560. The molecule has 1 N–H and O–H groups in total. The zero-order chi connectivity index (χ0) is 19.9. The van der Waals surface area contributed by atoms with Crippen molar-refractivity contribution in [2.45, 2.75) is 18.8 Å². The van der Waals surface area contributed by atoms with Crippen molar-refractivity contribution in [3.63, 3.8) is 0 Å². The first-order valence-corrected chi connectivity index (χ1v) is 9.11. The second kappa shape index (κ2) is 7.25. The van der Waals surface area contributed by atoms with Crippen molar-refractivity contribution < 1.29 is 17.9 Å². The maximum atomic E-state index is 14.7. The monoisotopic (exact) mass is 428 g/mol. The van der Waals surface area contributed by atoms with E-state index in [4.69, 9.17) is 27.9 Å². The number of benzene rings is 1. The Morgan fingerprint density at radius 2 is 1.93 bits per heavy atom. The molecule has 1 saturated carbocycles. The molecule has 0 saturated heterocycles. The van der Waals surface area contributed by atoms with Crippen molar-refractivity contribution in [3.8, 4) is 5.75 Å². The van der Waals surface area contributed by atoms with E-state index in [1.54, 1.807) is 12.1 Å². The summed E-state index contributed by atoms with van der Waals surface area (Å²) in [6, 6.07) is 6.14. The molecule has 4 rings (SSSR count). The van der Waals surface area contributed by atoms with Gasteiger partial charge in [-0.3, -0.25) is 0 Å². The van der Waals surface area contributed by atoms with E-state index in [1.165, 1.54) is 18.5 Å². The van der Waals surface area contributed by atoms with Gasteiger partial charge in [0.1, 0.15) is 27.8 Å². The SMILES string of the molecule is Fc1c(Nc2ncnc3ccc(Cl)nc23)ccc(OCC2CC(F)(F)C2)c1Cl. The molecule has 0 radical (unpaired) electrons. The average molecular weight is 429 g/mol. The maximum absolute atomic E-state index is 14.7. The molecule has 0 aliphatic heterocycles. The summed E-state index contributed by atoms with van der Waals surface area (Å²) in [5.41, 5.74) is 0.955. The van der Waals surface area contributed by atoms with Crippen LogP contribution in [-0.4, -0.2) is 27.5 Å². The predicted molar refractivity (Wildman–Crippen MR) is 100 cm³/mol. The van der Waals surface area contributed by atoms with Crippen LogP contribution in [0.3, 0.4) is 0 Å². The van der Waals surface area contributed by atoms with Crippen molar-refractivity contribution in [1.29, 1.82) is 0 Å². The highest BCUT2D eigenvalue weighted by atomic mass is 35.5. The third-order valence-corrected chi connectivity index (χ3v) is 4.96. The number of rotatable bonds is 5. The molecule has 146 valence electrons. The lowest BCUT2D eigenvalue weighted by atomic mass is 9.82. The zero-order valence-corrected chi connectivity index (χ0v) is 15.7. The van der Waals surface area contributed by atoms with Crippen LogP contribution in [0.1, 0.15) is 12.8 Å². The van der Waals surface area contributed by atoms with Gasteiger partial charge in [-0.25, -0.2) is 28.1 Å². The Hall–Kier alpha value is -2.32. The van der Waals surface area contributed by atoms with E-state index < -0.39 is 11.7 Å². The molecule has 0 spiro atoms. The van der Waals surface area contributed by atoms with Gasteiger partial charge < -0.3 is 10.1 Å². The largest absolute Gasteiger partial charge is 0.492 e. The quantitative estimate of drug-likeness (QED) is 0.532. The van der Waals surface area contributed by atoms with E-state index in [1.807, 2.05) is 0 Å². The molecule has 0 amide bonds. The van der Waals surface area contributed by atoms with Crippen LogP contribution in [0.5, 0.6) is 5.75 Å². The van der Waals surface area contributed by atoms with Crippen LogP contribution >= 0.6 is 23.2 Å². The molecule has 0 unspecified atom stereocenters. The van der Waals surface area contributed by atoms with E-state index in [0.717, 1.165) is 0 Å². The Balaban J connectivity index is 1.53. The highest BCUT2D eigenvalue weighted by molar-refractivity contribution is 6.32. The van der Waals surface area contributed by atoms with Crippen molar-refractivity contribution in [3.05, 3.63) is 46.6 Å². The summed E-state index contributed by atoms with van der Waals surface area (Å²) in [6.07, 6.45) is 0.845. The minimum atomic E-state index is -2.63. The number of fused-ring (bicyclic) bond motifs is 1. The number of aromatic nitrogens is 3. The maximum Gasteiger partial charge on any atom is 0.248 e. The topological polar surface area (TPSA) is 59.9 Å². The Labute approximate surface area is 167 Å². The third-order valence-electron chi connectivity index (χ3n) is 4.40. The first kappa shape index (κ1) is 19.0.